The van der Waals surface area contributed by atoms with E-state index in [9.17, 15) is 4.79 Å². The lowest BCUT2D eigenvalue weighted by atomic mass is 9.75. The highest BCUT2D eigenvalue weighted by Gasteiger charge is 2.43. The maximum Gasteiger partial charge on any atom is 0.232 e. The van der Waals surface area contributed by atoms with Gasteiger partial charge < -0.3 is 10.6 Å². The fraction of sp³-hybridized carbons (Fsp3) is 0.500. The van der Waals surface area contributed by atoms with Crippen LogP contribution in [0.4, 0.5) is 5.69 Å². The lowest BCUT2D eigenvalue weighted by Gasteiger charge is -2.31. The molecule has 0 saturated carbocycles. The zero-order valence-corrected chi connectivity index (χ0v) is 13.4. The van der Waals surface area contributed by atoms with Crippen LogP contribution >= 0.6 is 27.5 Å². The van der Waals surface area contributed by atoms with Crippen LogP contribution in [-0.4, -0.2) is 19.0 Å². The van der Waals surface area contributed by atoms with E-state index in [1.165, 1.54) is 0 Å². The summed E-state index contributed by atoms with van der Waals surface area (Å²) in [5.74, 6) is 0.389. The summed E-state index contributed by atoms with van der Waals surface area (Å²) in [6.45, 7) is 5.84. The molecule has 0 aliphatic carbocycles. The van der Waals surface area contributed by atoms with Gasteiger partial charge in [-0.3, -0.25) is 4.79 Å². The number of hydrogen-bond acceptors (Lipinski definition) is 2. The molecule has 0 aromatic heterocycles. The van der Waals surface area contributed by atoms with Gasteiger partial charge in [-0.05, 0) is 53.0 Å². The molecule has 1 aliphatic heterocycles. The molecule has 0 radical (unpaired) electrons. The Kier molecular flexibility index (Phi) is 4.54. The fourth-order valence-corrected chi connectivity index (χ4v) is 2.99. The van der Waals surface area contributed by atoms with Crippen molar-refractivity contribution in [2.24, 2.45) is 11.3 Å². The van der Waals surface area contributed by atoms with Gasteiger partial charge in [0.15, 0.2) is 0 Å². The largest absolute Gasteiger partial charge is 0.326 e. The topological polar surface area (TPSA) is 41.1 Å². The Morgan fingerprint density at radius 2 is 2.26 bits per heavy atom. The summed E-state index contributed by atoms with van der Waals surface area (Å²) in [5, 5.41) is 6.94. The first kappa shape index (κ1) is 14.8. The fourth-order valence-electron chi connectivity index (χ4n) is 2.49. The van der Waals surface area contributed by atoms with E-state index in [0.717, 1.165) is 29.7 Å². The summed E-state index contributed by atoms with van der Waals surface area (Å²) >= 11 is 9.32. The van der Waals surface area contributed by atoms with E-state index in [0.29, 0.717) is 10.9 Å². The van der Waals surface area contributed by atoms with Gasteiger partial charge in [0.1, 0.15) is 0 Å². The molecule has 1 atom stereocenters. The van der Waals surface area contributed by atoms with E-state index in [2.05, 4.69) is 40.4 Å². The van der Waals surface area contributed by atoms with E-state index < -0.39 is 0 Å². The monoisotopic (exact) mass is 344 g/mol. The molecule has 1 saturated heterocycles. The van der Waals surface area contributed by atoms with E-state index >= 15 is 0 Å². The maximum atomic E-state index is 12.6. The number of benzene rings is 1. The van der Waals surface area contributed by atoms with Crippen LogP contribution in [0.15, 0.2) is 22.7 Å². The van der Waals surface area contributed by atoms with E-state index in [1.807, 2.05) is 12.1 Å². The Balaban J connectivity index is 2.17. The summed E-state index contributed by atoms with van der Waals surface area (Å²) in [6, 6.07) is 5.42. The van der Waals surface area contributed by atoms with Crippen molar-refractivity contribution in [1.82, 2.24) is 5.32 Å². The molecule has 1 heterocycles. The molecule has 1 aromatic rings. The summed E-state index contributed by atoms with van der Waals surface area (Å²) in [7, 11) is 0. The SMILES string of the molecule is CC(C)C1(C(=O)Nc2ccc(Cl)c(Br)c2)CCNC1. The van der Waals surface area contributed by atoms with Crippen molar-refractivity contribution in [2.45, 2.75) is 20.3 Å². The average molecular weight is 346 g/mol. The predicted octanol–water partition coefficient (Wildman–Crippen LogP) is 3.68. The number of amides is 1. The van der Waals surface area contributed by atoms with Gasteiger partial charge in [0.05, 0.1) is 10.4 Å². The Labute approximate surface area is 127 Å². The molecule has 2 rings (SSSR count). The number of carbonyl (C=O) groups is 1. The van der Waals surface area contributed by atoms with Gasteiger partial charge in [-0.25, -0.2) is 0 Å². The van der Waals surface area contributed by atoms with Crippen molar-refractivity contribution in [3.8, 4) is 0 Å². The van der Waals surface area contributed by atoms with Gasteiger partial charge in [0, 0.05) is 16.7 Å². The molecular weight excluding hydrogens is 328 g/mol. The van der Waals surface area contributed by atoms with Crippen LogP contribution in [0.5, 0.6) is 0 Å². The molecule has 0 bridgehead atoms. The third-order valence-electron chi connectivity index (χ3n) is 3.92. The molecule has 0 spiro atoms. The highest BCUT2D eigenvalue weighted by Crippen LogP contribution is 2.36. The van der Waals surface area contributed by atoms with Gasteiger partial charge in [-0.15, -0.1) is 0 Å². The second-order valence-corrected chi connectivity index (χ2v) is 6.58. The van der Waals surface area contributed by atoms with Crippen molar-refractivity contribution >= 4 is 39.1 Å². The molecule has 3 nitrogen and oxygen atoms in total. The van der Waals surface area contributed by atoms with Gasteiger partial charge in [0.2, 0.25) is 5.91 Å². The average Bonchev–Trinajstić information content (AvgIpc) is 2.84. The number of halogens is 2. The third-order valence-corrected chi connectivity index (χ3v) is 5.14. The van der Waals surface area contributed by atoms with Crippen LogP contribution < -0.4 is 10.6 Å². The Hall–Kier alpha value is -0.580. The first-order chi connectivity index (χ1) is 8.95. The molecule has 104 valence electrons. The standard InChI is InChI=1S/C14H18BrClN2O/c1-9(2)14(5-6-17-8-14)13(19)18-10-3-4-12(16)11(15)7-10/h3-4,7,9,17H,5-6,8H2,1-2H3,(H,18,19). The molecule has 1 aromatic carbocycles. The minimum absolute atomic E-state index is 0.0849. The van der Waals surface area contributed by atoms with Gasteiger partial charge >= 0.3 is 0 Å². The molecule has 2 N–H and O–H groups in total. The lowest BCUT2D eigenvalue weighted by Crippen LogP contribution is -2.42. The van der Waals surface area contributed by atoms with E-state index in [4.69, 9.17) is 11.6 Å². The van der Waals surface area contributed by atoms with Crippen molar-refractivity contribution < 1.29 is 4.79 Å². The normalized spacial score (nSPS) is 22.8. The number of nitrogens with one attached hydrogen (secondary N) is 2. The summed E-state index contributed by atoms with van der Waals surface area (Å²) < 4.78 is 0.787. The first-order valence-corrected chi connectivity index (χ1v) is 7.60. The maximum absolute atomic E-state index is 12.6. The van der Waals surface area contributed by atoms with Crippen LogP contribution in [0, 0.1) is 11.3 Å². The first-order valence-electron chi connectivity index (χ1n) is 6.43. The van der Waals surface area contributed by atoms with Gasteiger partial charge in [0.25, 0.3) is 0 Å². The highest BCUT2D eigenvalue weighted by atomic mass is 79.9. The molecule has 1 aliphatic rings. The lowest BCUT2D eigenvalue weighted by molar-refractivity contribution is -0.126. The van der Waals surface area contributed by atoms with Crippen molar-refractivity contribution in [1.29, 1.82) is 0 Å². The minimum atomic E-state index is -0.313. The van der Waals surface area contributed by atoms with Crippen LogP contribution in [-0.2, 0) is 4.79 Å². The quantitative estimate of drug-likeness (QED) is 0.877. The number of anilines is 1. The Morgan fingerprint density at radius 1 is 1.53 bits per heavy atom. The third kappa shape index (κ3) is 2.96. The van der Waals surface area contributed by atoms with Gasteiger partial charge in [-0.1, -0.05) is 25.4 Å². The van der Waals surface area contributed by atoms with Crippen molar-refractivity contribution in [3.63, 3.8) is 0 Å². The van der Waals surface area contributed by atoms with Crippen LogP contribution in [0.2, 0.25) is 5.02 Å². The zero-order valence-electron chi connectivity index (χ0n) is 11.1. The Bertz CT molecular complexity index is 484. The number of rotatable bonds is 3. The molecule has 1 fully saturated rings. The van der Waals surface area contributed by atoms with Crippen LogP contribution in [0.3, 0.4) is 0 Å². The molecule has 1 unspecified atom stereocenters. The van der Waals surface area contributed by atoms with Crippen molar-refractivity contribution in [2.75, 3.05) is 18.4 Å². The summed E-state index contributed by atoms with van der Waals surface area (Å²) in [5.41, 5.74) is 0.458. The van der Waals surface area contributed by atoms with Crippen LogP contribution in [0.1, 0.15) is 20.3 Å². The van der Waals surface area contributed by atoms with E-state index in [-0.39, 0.29) is 11.3 Å². The van der Waals surface area contributed by atoms with Crippen molar-refractivity contribution in [3.05, 3.63) is 27.7 Å². The molecule has 5 heteroatoms. The summed E-state index contributed by atoms with van der Waals surface area (Å²) in [6.07, 6.45) is 0.880. The second kappa shape index (κ2) is 5.81. The minimum Gasteiger partial charge on any atom is -0.326 e. The second-order valence-electron chi connectivity index (χ2n) is 5.32. The smallest absolute Gasteiger partial charge is 0.232 e. The van der Waals surface area contributed by atoms with Crippen LogP contribution in [0.25, 0.3) is 0 Å². The zero-order chi connectivity index (χ0) is 14.0. The molecule has 19 heavy (non-hydrogen) atoms. The highest BCUT2D eigenvalue weighted by molar-refractivity contribution is 9.10. The molecular formula is C14H18BrClN2O. The number of hydrogen-bond donors (Lipinski definition) is 2. The van der Waals surface area contributed by atoms with Gasteiger partial charge in [-0.2, -0.15) is 0 Å². The summed E-state index contributed by atoms with van der Waals surface area (Å²) in [4.78, 5) is 12.6. The number of carbonyl (C=O) groups excluding carboxylic acids is 1. The molecule has 1 amide bonds. The van der Waals surface area contributed by atoms with E-state index in [1.54, 1.807) is 6.07 Å². The Morgan fingerprint density at radius 3 is 2.79 bits per heavy atom. The predicted molar refractivity (Wildman–Crippen MR) is 82.5 cm³/mol.